The van der Waals surface area contributed by atoms with Gasteiger partial charge in [-0.25, -0.2) is 9.59 Å². The summed E-state index contributed by atoms with van der Waals surface area (Å²) in [7, 11) is 0. The van der Waals surface area contributed by atoms with Crippen molar-refractivity contribution in [2.75, 3.05) is 5.75 Å². The highest BCUT2D eigenvalue weighted by Gasteiger charge is 2.27. The first kappa shape index (κ1) is 25.8. The van der Waals surface area contributed by atoms with E-state index in [0.29, 0.717) is 5.75 Å². The highest BCUT2D eigenvalue weighted by Crippen LogP contribution is 2.13. The fraction of sp³-hybridized carbons (Fsp3) is 0.222. The number of hydrogen-bond acceptors (Lipinski definition) is 5. The maximum atomic E-state index is 13.1. The van der Waals surface area contributed by atoms with Crippen molar-refractivity contribution in [3.63, 3.8) is 0 Å². The minimum absolute atomic E-state index is 0.0558. The van der Waals surface area contributed by atoms with Crippen LogP contribution in [0.15, 0.2) is 91.0 Å². The van der Waals surface area contributed by atoms with E-state index in [4.69, 9.17) is 4.74 Å². The lowest BCUT2D eigenvalue weighted by atomic mass is 10.1. The maximum Gasteiger partial charge on any atom is 0.408 e. The van der Waals surface area contributed by atoms with E-state index in [9.17, 15) is 19.5 Å². The lowest BCUT2D eigenvalue weighted by Gasteiger charge is -2.21. The Morgan fingerprint density at radius 3 is 1.86 bits per heavy atom. The normalized spacial score (nSPS) is 12.2. The molecule has 0 bridgehead atoms. The topological polar surface area (TPSA) is 105 Å². The molecule has 8 heteroatoms. The van der Waals surface area contributed by atoms with Crippen LogP contribution in [0, 0.1) is 0 Å². The van der Waals surface area contributed by atoms with Crippen LogP contribution in [0.2, 0.25) is 0 Å². The first-order valence-corrected chi connectivity index (χ1v) is 12.3. The van der Waals surface area contributed by atoms with Gasteiger partial charge in [0, 0.05) is 17.9 Å². The zero-order chi connectivity index (χ0) is 24.9. The second-order valence-corrected chi connectivity index (χ2v) is 8.88. The molecule has 0 aliphatic carbocycles. The number of rotatable bonds is 12. The maximum absolute atomic E-state index is 13.1. The largest absolute Gasteiger partial charge is 0.480 e. The molecule has 3 rings (SSSR count). The van der Waals surface area contributed by atoms with Crippen molar-refractivity contribution in [1.29, 1.82) is 0 Å². The van der Waals surface area contributed by atoms with Crippen LogP contribution >= 0.6 is 11.8 Å². The number of carboxylic acids is 1. The first-order valence-electron chi connectivity index (χ1n) is 11.2. The van der Waals surface area contributed by atoms with Crippen LogP contribution in [0.5, 0.6) is 0 Å². The van der Waals surface area contributed by atoms with Crippen LogP contribution in [-0.4, -0.2) is 40.9 Å². The number of thioether (sulfide) groups is 1. The smallest absolute Gasteiger partial charge is 0.408 e. The van der Waals surface area contributed by atoms with Crippen LogP contribution in [0.3, 0.4) is 0 Å². The number of benzene rings is 3. The monoisotopic (exact) mass is 492 g/mol. The van der Waals surface area contributed by atoms with Crippen molar-refractivity contribution < 1.29 is 24.2 Å². The van der Waals surface area contributed by atoms with E-state index in [0.717, 1.165) is 16.7 Å². The molecule has 0 radical (unpaired) electrons. The van der Waals surface area contributed by atoms with E-state index in [1.54, 1.807) is 0 Å². The fourth-order valence-corrected chi connectivity index (χ4v) is 4.29. The predicted octanol–water partition coefficient (Wildman–Crippen LogP) is 4.03. The lowest BCUT2D eigenvalue weighted by Crippen LogP contribution is -2.53. The van der Waals surface area contributed by atoms with Gasteiger partial charge in [0.15, 0.2) is 0 Å². The molecule has 35 heavy (non-hydrogen) atoms. The highest BCUT2D eigenvalue weighted by atomic mass is 32.2. The van der Waals surface area contributed by atoms with Crippen molar-refractivity contribution in [3.05, 3.63) is 108 Å². The zero-order valence-corrected chi connectivity index (χ0v) is 19.9. The number of nitrogens with one attached hydrogen (secondary N) is 2. The van der Waals surface area contributed by atoms with Gasteiger partial charge < -0.3 is 20.5 Å². The molecule has 2 atom stereocenters. The summed E-state index contributed by atoms with van der Waals surface area (Å²) < 4.78 is 5.26. The molecule has 0 unspecified atom stereocenters. The molecule has 182 valence electrons. The van der Waals surface area contributed by atoms with E-state index in [2.05, 4.69) is 10.6 Å². The van der Waals surface area contributed by atoms with Gasteiger partial charge in [-0.2, -0.15) is 11.8 Å². The van der Waals surface area contributed by atoms with Gasteiger partial charge in [0.25, 0.3) is 0 Å². The van der Waals surface area contributed by atoms with Crippen molar-refractivity contribution in [3.8, 4) is 0 Å². The van der Waals surface area contributed by atoms with Gasteiger partial charge in [0.2, 0.25) is 5.91 Å². The molecule has 7 nitrogen and oxygen atoms in total. The third-order valence-electron chi connectivity index (χ3n) is 5.11. The SMILES string of the molecule is O=C(N[C@H](Cc1ccccc1)C(=O)N[C@H](CSCc1ccccc1)C(=O)O)OCc1ccccc1. The summed E-state index contributed by atoms with van der Waals surface area (Å²) in [6.45, 7) is 0.0558. The minimum atomic E-state index is -1.14. The molecule has 0 aliphatic rings. The number of carbonyl (C=O) groups excluding carboxylic acids is 2. The fourth-order valence-electron chi connectivity index (χ4n) is 3.28. The van der Waals surface area contributed by atoms with Crippen molar-refractivity contribution >= 4 is 29.7 Å². The van der Waals surface area contributed by atoms with Gasteiger partial charge in [-0.3, -0.25) is 4.79 Å². The van der Waals surface area contributed by atoms with Gasteiger partial charge in [0.05, 0.1) is 0 Å². The molecule has 0 saturated heterocycles. The van der Waals surface area contributed by atoms with Crippen molar-refractivity contribution in [2.45, 2.75) is 30.9 Å². The lowest BCUT2D eigenvalue weighted by molar-refractivity contribution is -0.141. The molecular formula is C27H28N2O5S. The van der Waals surface area contributed by atoms with Crippen LogP contribution in [0.25, 0.3) is 0 Å². The highest BCUT2D eigenvalue weighted by molar-refractivity contribution is 7.98. The van der Waals surface area contributed by atoms with Crippen LogP contribution < -0.4 is 10.6 Å². The number of amides is 2. The molecule has 0 spiro atoms. The Labute approximate surface area is 208 Å². The van der Waals surface area contributed by atoms with Crippen LogP contribution in [-0.2, 0) is 33.1 Å². The van der Waals surface area contributed by atoms with Gasteiger partial charge in [-0.05, 0) is 16.7 Å². The molecule has 0 fully saturated rings. The van der Waals surface area contributed by atoms with Gasteiger partial charge in [0.1, 0.15) is 18.7 Å². The van der Waals surface area contributed by atoms with Gasteiger partial charge >= 0.3 is 12.1 Å². The zero-order valence-electron chi connectivity index (χ0n) is 19.1. The Balaban J connectivity index is 1.61. The molecule has 0 aromatic heterocycles. The number of carbonyl (C=O) groups is 3. The van der Waals surface area contributed by atoms with Crippen LogP contribution in [0.1, 0.15) is 16.7 Å². The summed E-state index contributed by atoms with van der Waals surface area (Å²) in [5, 5.41) is 14.8. The van der Waals surface area contributed by atoms with Crippen LogP contribution in [0.4, 0.5) is 4.79 Å². The predicted molar refractivity (Wildman–Crippen MR) is 136 cm³/mol. The first-order chi connectivity index (χ1) is 17.0. The van der Waals surface area contributed by atoms with Crippen molar-refractivity contribution in [1.82, 2.24) is 10.6 Å². The molecule has 2 amide bonds. The summed E-state index contributed by atoms with van der Waals surface area (Å²) in [4.78, 5) is 37.3. The average molecular weight is 493 g/mol. The average Bonchev–Trinajstić information content (AvgIpc) is 2.88. The molecule has 0 saturated carbocycles. The molecular weight excluding hydrogens is 464 g/mol. The van der Waals surface area contributed by atoms with Gasteiger partial charge in [-0.15, -0.1) is 0 Å². The Bertz CT molecular complexity index is 1080. The quantitative estimate of drug-likeness (QED) is 0.353. The summed E-state index contributed by atoms with van der Waals surface area (Å²) in [5.74, 6) is -0.910. The molecule has 3 aromatic rings. The standard InChI is InChI=1S/C27H28N2O5S/c30-25(28-24(26(31)32)19-35-18-22-14-8-3-9-15-22)23(16-20-10-4-1-5-11-20)29-27(33)34-17-21-12-6-2-7-13-21/h1-15,23-24H,16-19H2,(H,28,30)(H,29,33)(H,31,32)/t23-,24-/m1/s1. The number of hydrogen-bond donors (Lipinski definition) is 3. The Kier molecular flexibility index (Phi) is 10.2. The van der Waals surface area contributed by atoms with Gasteiger partial charge in [-0.1, -0.05) is 91.0 Å². The number of carboxylic acid groups (broad SMARTS) is 1. The van der Waals surface area contributed by atoms with E-state index in [-0.39, 0.29) is 18.8 Å². The van der Waals surface area contributed by atoms with Crippen molar-refractivity contribution in [2.24, 2.45) is 0 Å². The van der Waals surface area contributed by atoms with E-state index < -0.39 is 30.1 Å². The van der Waals surface area contributed by atoms with E-state index in [1.807, 2.05) is 91.0 Å². The molecule has 3 N–H and O–H groups in total. The Hall–Kier alpha value is -3.78. The Morgan fingerprint density at radius 1 is 0.743 bits per heavy atom. The third kappa shape index (κ3) is 9.17. The summed E-state index contributed by atoms with van der Waals surface area (Å²) in [6.07, 6.45) is -0.563. The molecule has 0 aliphatic heterocycles. The summed E-state index contributed by atoms with van der Waals surface area (Å²) >= 11 is 1.41. The summed E-state index contributed by atoms with van der Waals surface area (Å²) in [6, 6.07) is 26.0. The second kappa shape index (κ2) is 13.8. The summed E-state index contributed by atoms with van der Waals surface area (Å²) in [5.41, 5.74) is 2.70. The number of aliphatic carboxylic acids is 1. The Morgan fingerprint density at radius 2 is 1.29 bits per heavy atom. The minimum Gasteiger partial charge on any atom is -0.480 e. The number of ether oxygens (including phenoxy) is 1. The van der Waals surface area contributed by atoms with E-state index >= 15 is 0 Å². The third-order valence-corrected chi connectivity index (χ3v) is 6.22. The number of alkyl carbamates (subject to hydrolysis) is 1. The molecule has 0 heterocycles. The molecule has 3 aromatic carbocycles. The second-order valence-electron chi connectivity index (χ2n) is 7.85. The van der Waals surface area contributed by atoms with E-state index in [1.165, 1.54) is 11.8 Å².